The van der Waals surface area contributed by atoms with Crippen LogP contribution in [0.5, 0.6) is 0 Å². The second-order valence-corrected chi connectivity index (χ2v) is 4.39. The number of nitro benzene ring substituents is 1. The van der Waals surface area contributed by atoms with Gasteiger partial charge in [-0.25, -0.2) is 4.39 Å². The van der Waals surface area contributed by atoms with Gasteiger partial charge < -0.3 is 0 Å². The molecule has 0 unspecified atom stereocenters. The van der Waals surface area contributed by atoms with E-state index in [2.05, 4.69) is 10.2 Å². The number of alkyl halides is 1. The van der Waals surface area contributed by atoms with Crippen LogP contribution in [-0.2, 0) is 5.88 Å². The molecule has 0 bridgehead atoms. The van der Waals surface area contributed by atoms with E-state index in [1.165, 1.54) is 12.1 Å². The van der Waals surface area contributed by atoms with Gasteiger partial charge in [0.05, 0.1) is 16.9 Å². The van der Waals surface area contributed by atoms with Crippen molar-refractivity contribution in [3.05, 3.63) is 39.1 Å². The highest BCUT2D eigenvalue weighted by Crippen LogP contribution is 2.28. The molecule has 0 radical (unpaired) electrons. The molecule has 0 aliphatic heterocycles. The predicted octanol–water partition coefficient (Wildman–Crippen LogP) is 2.99. The third-order valence-corrected chi connectivity index (χ3v) is 3.34. The molecule has 0 N–H and O–H groups in total. The number of hydrogen-bond acceptors (Lipinski definition) is 5. The van der Waals surface area contributed by atoms with Crippen LogP contribution in [0.2, 0.25) is 0 Å². The Morgan fingerprint density at radius 2 is 2.24 bits per heavy atom. The van der Waals surface area contributed by atoms with Crippen molar-refractivity contribution in [1.82, 2.24) is 10.2 Å². The van der Waals surface area contributed by atoms with Crippen LogP contribution in [0.3, 0.4) is 0 Å². The van der Waals surface area contributed by atoms with Crippen LogP contribution < -0.4 is 0 Å². The van der Waals surface area contributed by atoms with E-state index in [9.17, 15) is 14.5 Å². The second kappa shape index (κ2) is 4.72. The highest BCUT2D eigenvalue weighted by Gasteiger charge is 2.15. The van der Waals surface area contributed by atoms with Crippen LogP contribution >= 0.6 is 22.9 Å². The van der Waals surface area contributed by atoms with E-state index in [4.69, 9.17) is 11.6 Å². The molecule has 0 fully saturated rings. The molecule has 1 heterocycles. The average Bonchev–Trinajstić information content (AvgIpc) is 2.77. The minimum atomic E-state index is -0.698. The van der Waals surface area contributed by atoms with E-state index in [0.29, 0.717) is 10.0 Å². The van der Waals surface area contributed by atoms with Gasteiger partial charge in [-0.05, 0) is 6.07 Å². The van der Waals surface area contributed by atoms with Crippen LogP contribution in [-0.4, -0.2) is 15.1 Å². The zero-order valence-corrected chi connectivity index (χ0v) is 9.83. The fourth-order valence-electron chi connectivity index (χ4n) is 1.21. The Bertz CT molecular complexity index is 575. The summed E-state index contributed by atoms with van der Waals surface area (Å²) in [7, 11) is 0. The monoisotopic (exact) mass is 273 g/mol. The number of nitro groups is 1. The number of aromatic nitrogens is 2. The molecular formula is C9H5ClFN3O2S. The molecule has 0 aliphatic carbocycles. The van der Waals surface area contributed by atoms with Gasteiger partial charge in [0.25, 0.3) is 5.69 Å². The molecule has 2 rings (SSSR count). The van der Waals surface area contributed by atoms with Gasteiger partial charge >= 0.3 is 0 Å². The smallest absolute Gasteiger partial charge is 0.258 e. The lowest BCUT2D eigenvalue weighted by Gasteiger charge is -1.97. The Labute approximate surface area is 104 Å². The lowest BCUT2D eigenvalue weighted by Crippen LogP contribution is -1.90. The van der Waals surface area contributed by atoms with E-state index in [1.807, 2.05) is 0 Å². The number of non-ortho nitro benzene ring substituents is 1. The molecular weight excluding hydrogens is 269 g/mol. The van der Waals surface area contributed by atoms with Gasteiger partial charge in [-0.2, -0.15) is 0 Å². The van der Waals surface area contributed by atoms with E-state index in [1.54, 1.807) is 0 Å². The number of benzene rings is 1. The maximum absolute atomic E-state index is 13.6. The summed E-state index contributed by atoms with van der Waals surface area (Å²) in [6, 6.07) is 3.39. The van der Waals surface area contributed by atoms with Crippen LogP contribution in [0.4, 0.5) is 10.1 Å². The quantitative estimate of drug-likeness (QED) is 0.490. The molecule has 0 saturated heterocycles. The Balaban J connectivity index is 2.42. The first-order valence-electron chi connectivity index (χ1n) is 4.44. The number of hydrogen-bond donors (Lipinski definition) is 0. The van der Waals surface area contributed by atoms with E-state index >= 15 is 0 Å². The van der Waals surface area contributed by atoms with Gasteiger partial charge in [-0.15, -0.1) is 21.8 Å². The summed E-state index contributed by atoms with van der Waals surface area (Å²) in [5.41, 5.74) is -0.113. The van der Waals surface area contributed by atoms with Gasteiger partial charge in [-0.1, -0.05) is 11.3 Å². The normalized spacial score (nSPS) is 10.5. The Hall–Kier alpha value is -1.60. The Kier molecular flexibility index (Phi) is 3.30. The largest absolute Gasteiger partial charge is 0.272 e. The van der Waals surface area contributed by atoms with E-state index in [-0.39, 0.29) is 17.1 Å². The van der Waals surface area contributed by atoms with Gasteiger partial charge in [0.1, 0.15) is 10.8 Å². The average molecular weight is 274 g/mol. The zero-order chi connectivity index (χ0) is 12.4. The standard InChI is InChI=1S/C9H5ClFN3O2S/c10-4-8-12-13-9(17-8)6-2-1-5(14(15)16)3-7(6)11/h1-3H,4H2. The lowest BCUT2D eigenvalue weighted by molar-refractivity contribution is -0.385. The molecule has 0 saturated carbocycles. The van der Waals surface area contributed by atoms with Gasteiger partial charge in [0.15, 0.2) is 5.01 Å². The molecule has 1 aromatic carbocycles. The van der Waals surface area contributed by atoms with Gasteiger partial charge in [0.2, 0.25) is 0 Å². The Morgan fingerprint density at radius 3 is 2.76 bits per heavy atom. The highest BCUT2D eigenvalue weighted by atomic mass is 35.5. The SMILES string of the molecule is O=[N+]([O-])c1ccc(-c2nnc(CCl)s2)c(F)c1. The summed E-state index contributed by atoms with van der Waals surface area (Å²) in [6.45, 7) is 0. The summed E-state index contributed by atoms with van der Waals surface area (Å²) in [4.78, 5) is 9.79. The van der Waals surface area contributed by atoms with E-state index in [0.717, 1.165) is 17.4 Å². The van der Waals surface area contributed by atoms with Crippen LogP contribution in [0.1, 0.15) is 5.01 Å². The summed E-state index contributed by atoms with van der Waals surface area (Å²) < 4.78 is 13.6. The third-order valence-electron chi connectivity index (χ3n) is 1.98. The first-order valence-corrected chi connectivity index (χ1v) is 5.79. The van der Waals surface area contributed by atoms with Crippen LogP contribution in [0.25, 0.3) is 10.6 Å². The summed E-state index contributed by atoms with van der Waals surface area (Å²) in [5.74, 6) is -0.497. The molecule has 17 heavy (non-hydrogen) atoms. The summed E-state index contributed by atoms with van der Waals surface area (Å²) in [6.07, 6.45) is 0. The molecule has 1 aromatic heterocycles. The number of halogens is 2. The molecule has 88 valence electrons. The van der Waals surface area contributed by atoms with Gasteiger partial charge in [-0.3, -0.25) is 10.1 Å². The fourth-order valence-corrected chi connectivity index (χ4v) is 2.14. The number of rotatable bonds is 3. The topological polar surface area (TPSA) is 68.9 Å². The van der Waals surface area contributed by atoms with Crippen molar-refractivity contribution in [2.24, 2.45) is 0 Å². The van der Waals surface area contributed by atoms with Crippen molar-refractivity contribution in [2.75, 3.05) is 0 Å². The van der Waals surface area contributed by atoms with E-state index < -0.39 is 10.7 Å². The minimum Gasteiger partial charge on any atom is -0.258 e. The maximum atomic E-state index is 13.6. The third kappa shape index (κ3) is 2.40. The molecule has 8 heteroatoms. The van der Waals surface area contributed by atoms with Crippen molar-refractivity contribution in [3.63, 3.8) is 0 Å². The van der Waals surface area contributed by atoms with Crippen molar-refractivity contribution < 1.29 is 9.31 Å². The highest BCUT2D eigenvalue weighted by molar-refractivity contribution is 7.14. The van der Waals surface area contributed by atoms with Crippen molar-refractivity contribution in [3.8, 4) is 10.6 Å². The molecule has 5 nitrogen and oxygen atoms in total. The van der Waals surface area contributed by atoms with Crippen LogP contribution in [0.15, 0.2) is 18.2 Å². The predicted molar refractivity (Wildman–Crippen MR) is 61.5 cm³/mol. The second-order valence-electron chi connectivity index (χ2n) is 3.06. The molecule has 0 spiro atoms. The molecule has 0 aliphatic rings. The van der Waals surface area contributed by atoms with Crippen molar-refractivity contribution in [2.45, 2.75) is 5.88 Å². The molecule has 0 amide bonds. The maximum Gasteiger partial charge on any atom is 0.272 e. The fraction of sp³-hybridized carbons (Fsp3) is 0.111. The number of nitrogens with zero attached hydrogens (tertiary/aromatic N) is 3. The van der Waals surface area contributed by atoms with Crippen molar-refractivity contribution >= 4 is 28.6 Å². The van der Waals surface area contributed by atoms with Crippen molar-refractivity contribution in [1.29, 1.82) is 0 Å². The molecule has 2 aromatic rings. The van der Waals surface area contributed by atoms with Gasteiger partial charge in [0, 0.05) is 11.6 Å². The first kappa shape index (κ1) is 11.9. The summed E-state index contributed by atoms with van der Waals surface area (Å²) >= 11 is 6.71. The summed E-state index contributed by atoms with van der Waals surface area (Å²) in [5, 5.41) is 18.9. The zero-order valence-electron chi connectivity index (χ0n) is 8.26. The molecule has 0 atom stereocenters. The van der Waals surface area contributed by atoms with Crippen LogP contribution in [0, 0.1) is 15.9 Å². The first-order chi connectivity index (χ1) is 8.11. The minimum absolute atomic E-state index is 0.185. The Morgan fingerprint density at radius 1 is 1.47 bits per heavy atom. The lowest BCUT2D eigenvalue weighted by atomic mass is 10.2.